The van der Waals surface area contributed by atoms with Gasteiger partial charge in [0, 0.05) is 18.9 Å². The Balaban J connectivity index is 3.11. The van der Waals surface area contributed by atoms with Crippen molar-refractivity contribution in [3.63, 3.8) is 0 Å². The van der Waals surface area contributed by atoms with Gasteiger partial charge >= 0.3 is 5.69 Å². The second-order valence-electron chi connectivity index (χ2n) is 1.46. The Morgan fingerprint density at radius 1 is 1.88 bits per heavy atom. The maximum Gasteiger partial charge on any atom is 0.325 e. The lowest BCUT2D eigenvalue weighted by molar-refractivity contribution is 0.779. The van der Waals surface area contributed by atoms with Crippen molar-refractivity contribution in [2.24, 2.45) is 0 Å². The largest absolute Gasteiger partial charge is 0.325 e. The Kier molecular flexibility index (Phi) is 1.20. The van der Waals surface area contributed by atoms with E-state index < -0.39 is 0 Å². The second kappa shape index (κ2) is 1.86. The number of nitrogens with zero attached hydrogens (tertiary/aromatic N) is 1. The molecule has 0 atom stereocenters. The lowest BCUT2D eigenvalue weighted by Crippen LogP contribution is -2.14. The molecule has 0 aromatic carbocycles. The zero-order chi connectivity index (χ0) is 5.98. The van der Waals surface area contributed by atoms with Crippen LogP contribution in [-0.2, 0) is 6.54 Å². The van der Waals surface area contributed by atoms with Gasteiger partial charge < -0.3 is 4.98 Å². The number of hydrogen-bond acceptors (Lipinski definition) is 1. The van der Waals surface area contributed by atoms with Crippen LogP contribution in [0.4, 0.5) is 0 Å². The van der Waals surface area contributed by atoms with Gasteiger partial charge in [0.15, 0.2) is 0 Å². The highest BCUT2D eigenvalue weighted by Crippen LogP contribution is 1.73. The first kappa shape index (κ1) is 5.15. The highest BCUT2D eigenvalue weighted by Gasteiger charge is 1.86. The molecule has 1 heterocycles. The van der Waals surface area contributed by atoms with E-state index >= 15 is 0 Å². The molecule has 43 valence electrons. The molecular weight excluding hydrogens is 104 g/mol. The number of rotatable bonds is 1. The van der Waals surface area contributed by atoms with E-state index in [1.165, 1.54) is 4.57 Å². The molecule has 0 fully saturated rings. The van der Waals surface area contributed by atoms with Crippen molar-refractivity contribution >= 4 is 0 Å². The van der Waals surface area contributed by atoms with Gasteiger partial charge in [-0.15, -0.1) is 0 Å². The molecule has 0 saturated heterocycles. The van der Waals surface area contributed by atoms with Crippen LogP contribution >= 0.6 is 0 Å². The Morgan fingerprint density at radius 3 is 2.88 bits per heavy atom. The highest BCUT2D eigenvalue weighted by molar-refractivity contribution is 4.75. The first-order valence-corrected chi connectivity index (χ1v) is 2.37. The van der Waals surface area contributed by atoms with Crippen molar-refractivity contribution in [3.05, 3.63) is 29.8 Å². The number of H-pyrrole nitrogens is 1. The van der Waals surface area contributed by atoms with Crippen LogP contribution in [0.3, 0.4) is 0 Å². The highest BCUT2D eigenvalue weighted by atomic mass is 16.1. The summed E-state index contributed by atoms with van der Waals surface area (Å²) in [5, 5.41) is 0. The number of aromatic nitrogens is 2. The third kappa shape index (κ3) is 0.665. The topological polar surface area (TPSA) is 37.8 Å². The minimum atomic E-state index is -0.0972. The van der Waals surface area contributed by atoms with Crippen molar-refractivity contribution in [2.45, 2.75) is 6.54 Å². The SMILES string of the molecule is [CH2]Cn1cc[nH]c1=O. The van der Waals surface area contributed by atoms with Gasteiger partial charge in [-0.25, -0.2) is 4.79 Å². The summed E-state index contributed by atoms with van der Waals surface area (Å²) in [5.41, 5.74) is -0.0972. The minimum Gasteiger partial charge on any atom is -0.313 e. The predicted octanol–water partition coefficient (Wildman–Crippen LogP) is 0.0105. The lowest BCUT2D eigenvalue weighted by atomic mass is 10.7. The van der Waals surface area contributed by atoms with Crippen LogP contribution in [-0.4, -0.2) is 9.55 Å². The molecule has 1 rings (SSSR count). The van der Waals surface area contributed by atoms with Gasteiger partial charge in [-0.3, -0.25) is 4.57 Å². The third-order valence-corrected chi connectivity index (χ3v) is 0.963. The van der Waals surface area contributed by atoms with E-state index in [1.807, 2.05) is 0 Å². The summed E-state index contributed by atoms with van der Waals surface area (Å²) in [5.74, 6) is 0. The van der Waals surface area contributed by atoms with E-state index in [1.54, 1.807) is 12.4 Å². The first-order valence-electron chi connectivity index (χ1n) is 2.37. The molecule has 0 spiro atoms. The summed E-state index contributed by atoms with van der Waals surface area (Å²) in [4.78, 5) is 13.0. The number of imidazole rings is 1. The summed E-state index contributed by atoms with van der Waals surface area (Å²) in [6.45, 7) is 4.02. The van der Waals surface area contributed by atoms with Gasteiger partial charge in [0.1, 0.15) is 0 Å². The van der Waals surface area contributed by atoms with Crippen molar-refractivity contribution in [1.82, 2.24) is 9.55 Å². The molecule has 8 heavy (non-hydrogen) atoms. The van der Waals surface area contributed by atoms with Crippen LogP contribution in [0.2, 0.25) is 0 Å². The molecule has 1 radical (unpaired) electrons. The molecule has 1 aromatic rings. The molecule has 1 aromatic heterocycles. The van der Waals surface area contributed by atoms with Crippen LogP contribution in [0.15, 0.2) is 17.2 Å². The smallest absolute Gasteiger partial charge is 0.313 e. The van der Waals surface area contributed by atoms with Gasteiger partial charge in [0.2, 0.25) is 0 Å². The Hall–Kier alpha value is -0.990. The molecular formula is C5H7N2O. The Morgan fingerprint density at radius 2 is 2.62 bits per heavy atom. The van der Waals surface area contributed by atoms with Crippen LogP contribution in [0.25, 0.3) is 0 Å². The maximum atomic E-state index is 10.5. The van der Waals surface area contributed by atoms with E-state index in [0.717, 1.165) is 0 Å². The fraction of sp³-hybridized carbons (Fsp3) is 0.200. The quantitative estimate of drug-likeness (QED) is 0.544. The lowest BCUT2D eigenvalue weighted by Gasteiger charge is -1.86. The molecule has 0 aliphatic heterocycles. The monoisotopic (exact) mass is 111 g/mol. The van der Waals surface area contributed by atoms with E-state index in [-0.39, 0.29) is 5.69 Å². The molecule has 3 nitrogen and oxygen atoms in total. The van der Waals surface area contributed by atoms with Crippen molar-refractivity contribution < 1.29 is 0 Å². The fourth-order valence-electron chi connectivity index (χ4n) is 0.525. The average molecular weight is 111 g/mol. The van der Waals surface area contributed by atoms with Crippen LogP contribution < -0.4 is 5.69 Å². The van der Waals surface area contributed by atoms with Gasteiger partial charge in [-0.1, -0.05) is 0 Å². The zero-order valence-corrected chi connectivity index (χ0v) is 4.42. The maximum absolute atomic E-state index is 10.5. The van der Waals surface area contributed by atoms with Gasteiger partial charge in [0.05, 0.1) is 0 Å². The third-order valence-electron chi connectivity index (χ3n) is 0.963. The van der Waals surface area contributed by atoms with E-state index in [0.29, 0.717) is 6.54 Å². The van der Waals surface area contributed by atoms with Gasteiger partial charge in [-0.2, -0.15) is 0 Å². The van der Waals surface area contributed by atoms with Crippen LogP contribution in [0.5, 0.6) is 0 Å². The minimum absolute atomic E-state index is 0.0972. The molecule has 0 saturated carbocycles. The fourth-order valence-corrected chi connectivity index (χ4v) is 0.525. The number of aromatic amines is 1. The molecule has 0 unspecified atom stereocenters. The Bertz CT molecular complexity index is 210. The summed E-state index contributed by atoms with van der Waals surface area (Å²) < 4.78 is 1.49. The van der Waals surface area contributed by atoms with Crippen LogP contribution in [0.1, 0.15) is 0 Å². The molecule has 0 aliphatic rings. The van der Waals surface area contributed by atoms with E-state index in [9.17, 15) is 4.79 Å². The molecule has 0 amide bonds. The van der Waals surface area contributed by atoms with Crippen LogP contribution in [0, 0.1) is 6.92 Å². The molecule has 0 bridgehead atoms. The number of hydrogen-bond donors (Lipinski definition) is 1. The summed E-state index contributed by atoms with van der Waals surface area (Å²) >= 11 is 0. The second-order valence-corrected chi connectivity index (χ2v) is 1.46. The van der Waals surface area contributed by atoms with Crippen molar-refractivity contribution in [2.75, 3.05) is 0 Å². The van der Waals surface area contributed by atoms with Gasteiger partial charge in [-0.05, 0) is 6.92 Å². The molecule has 1 N–H and O–H groups in total. The van der Waals surface area contributed by atoms with Gasteiger partial charge in [0.25, 0.3) is 0 Å². The normalized spacial score (nSPS) is 9.62. The van der Waals surface area contributed by atoms with E-state index in [4.69, 9.17) is 0 Å². The number of nitrogens with one attached hydrogen (secondary N) is 1. The first-order chi connectivity index (χ1) is 3.84. The standard InChI is InChI=1S/C5H7N2O/c1-2-7-4-3-6-5(7)8/h3-4H,1-2H2,(H,6,8). The summed E-state index contributed by atoms with van der Waals surface area (Å²) in [6, 6.07) is 0. The zero-order valence-electron chi connectivity index (χ0n) is 4.42. The summed E-state index contributed by atoms with van der Waals surface area (Å²) in [7, 11) is 0. The summed E-state index contributed by atoms with van der Waals surface area (Å²) in [6.07, 6.45) is 3.25. The predicted molar refractivity (Wildman–Crippen MR) is 30.4 cm³/mol. The van der Waals surface area contributed by atoms with Crippen molar-refractivity contribution in [1.29, 1.82) is 0 Å². The molecule has 3 heteroatoms. The Labute approximate surface area is 47.0 Å². The van der Waals surface area contributed by atoms with Crippen molar-refractivity contribution in [3.8, 4) is 0 Å². The van der Waals surface area contributed by atoms with E-state index in [2.05, 4.69) is 11.9 Å². The average Bonchev–Trinajstić information content (AvgIpc) is 2.14. The molecule has 0 aliphatic carbocycles.